The van der Waals surface area contributed by atoms with E-state index in [0.717, 1.165) is 37.6 Å². The number of nitrogens with zero attached hydrogens (tertiary/aromatic N) is 2. The first-order valence-corrected chi connectivity index (χ1v) is 11.0. The number of piperazine rings is 1. The fourth-order valence-corrected chi connectivity index (χ4v) is 5.27. The molecule has 4 rings (SSSR count). The lowest BCUT2D eigenvalue weighted by Gasteiger charge is -2.50. The third kappa shape index (κ3) is 4.19. The molecule has 27 heavy (non-hydrogen) atoms. The van der Waals surface area contributed by atoms with Crippen LogP contribution < -0.4 is 10.2 Å². The highest BCUT2D eigenvalue weighted by Gasteiger charge is 2.39. The monoisotopic (exact) mass is 383 g/mol. The Kier molecular flexibility index (Phi) is 5.79. The molecule has 1 saturated carbocycles. The standard InChI is InChI=1S/C22H29N3OS/c26-21(20-10-7-17-27-20)23-18-22(11-5-2-6-12-22)25-15-13-24(14-16-25)19-8-3-1-4-9-19/h1,3-4,7-10,17H,2,5-6,11-16,18H2,(H,23,26). The van der Waals surface area contributed by atoms with Crippen LogP contribution in [0.3, 0.4) is 0 Å². The number of rotatable bonds is 5. The maximum atomic E-state index is 12.5. The largest absolute Gasteiger partial charge is 0.369 e. The van der Waals surface area contributed by atoms with Crippen LogP contribution in [0.4, 0.5) is 5.69 Å². The maximum absolute atomic E-state index is 12.5. The average Bonchev–Trinajstić information content (AvgIpc) is 3.29. The molecule has 2 heterocycles. The van der Waals surface area contributed by atoms with Crippen LogP contribution in [-0.4, -0.2) is 49.1 Å². The van der Waals surface area contributed by atoms with Crippen molar-refractivity contribution in [1.82, 2.24) is 10.2 Å². The molecule has 0 radical (unpaired) electrons. The summed E-state index contributed by atoms with van der Waals surface area (Å²) in [4.78, 5) is 18.4. The van der Waals surface area contributed by atoms with Crippen LogP contribution in [0.1, 0.15) is 41.8 Å². The number of benzene rings is 1. The molecule has 0 bridgehead atoms. The van der Waals surface area contributed by atoms with Gasteiger partial charge in [-0.3, -0.25) is 9.69 Å². The van der Waals surface area contributed by atoms with Crippen molar-refractivity contribution in [3.8, 4) is 0 Å². The van der Waals surface area contributed by atoms with E-state index >= 15 is 0 Å². The van der Waals surface area contributed by atoms with E-state index in [-0.39, 0.29) is 11.4 Å². The van der Waals surface area contributed by atoms with E-state index in [0.29, 0.717) is 0 Å². The zero-order valence-electron chi connectivity index (χ0n) is 15.9. The topological polar surface area (TPSA) is 35.6 Å². The molecular weight excluding hydrogens is 354 g/mol. The first-order chi connectivity index (χ1) is 13.3. The Labute approximate surface area is 166 Å². The number of amides is 1. The first-order valence-electron chi connectivity index (χ1n) is 10.1. The molecular formula is C22H29N3OS. The smallest absolute Gasteiger partial charge is 0.261 e. The van der Waals surface area contributed by atoms with Gasteiger partial charge in [0, 0.05) is 44.0 Å². The Balaban J connectivity index is 1.40. The summed E-state index contributed by atoms with van der Waals surface area (Å²) in [6.45, 7) is 5.04. The van der Waals surface area contributed by atoms with Gasteiger partial charge in [-0.05, 0) is 36.4 Å². The zero-order chi connectivity index (χ0) is 18.5. The molecule has 0 unspecified atom stereocenters. The van der Waals surface area contributed by atoms with E-state index < -0.39 is 0 Å². The number of hydrogen-bond acceptors (Lipinski definition) is 4. The van der Waals surface area contributed by atoms with Crippen LogP contribution in [-0.2, 0) is 0 Å². The van der Waals surface area contributed by atoms with Crippen LogP contribution in [0.2, 0.25) is 0 Å². The normalized spacial score (nSPS) is 20.4. The number of hydrogen-bond donors (Lipinski definition) is 1. The summed E-state index contributed by atoms with van der Waals surface area (Å²) in [5, 5.41) is 5.22. The molecule has 2 aliphatic rings. The van der Waals surface area contributed by atoms with Gasteiger partial charge in [0.05, 0.1) is 4.88 Å². The van der Waals surface area contributed by atoms with Gasteiger partial charge in [0.2, 0.25) is 0 Å². The Morgan fingerprint density at radius 3 is 2.37 bits per heavy atom. The lowest BCUT2D eigenvalue weighted by atomic mass is 9.79. The molecule has 4 nitrogen and oxygen atoms in total. The van der Waals surface area contributed by atoms with Gasteiger partial charge in [-0.15, -0.1) is 11.3 Å². The van der Waals surface area contributed by atoms with Crippen molar-refractivity contribution < 1.29 is 4.79 Å². The molecule has 0 spiro atoms. The second-order valence-electron chi connectivity index (χ2n) is 7.75. The molecule has 2 aromatic rings. The number of nitrogens with one attached hydrogen (secondary N) is 1. The van der Waals surface area contributed by atoms with E-state index in [1.54, 1.807) is 0 Å². The highest BCUT2D eigenvalue weighted by Crippen LogP contribution is 2.34. The van der Waals surface area contributed by atoms with Gasteiger partial charge >= 0.3 is 0 Å². The summed E-state index contributed by atoms with van der Waals surface area (Å²) in [5.41, 5.74) is 1.45. The average molecular weight is 384 g/mol. The van der Waals surface area contributed by atoms with Crippen molar-refractivity contribution in [3.63, 3.8) is 0 Å². The third-order valence-electron chi connectivity index (χ3n) is 6.18. The lowest BCUT2D eigenvalue weighted by Crippen LogP contribution is -2.62. The van der Waals surface area contributed by atoms with Crippen molar-refractivity contribution in [2.75, 3.05) is 37.6 Å². The Morgan fingerprint density at radius 2 is 1.70 bits per heavy atom. The van der Waals surface area contributed by atoms with Crippen molar-refractivity contribution in [3.05, 3.63) is 52.7 Å². The van der Waals surface area contributed by atoms with Crippen LogP contribution in [0, 0.1) is 0 Å². The molecule has 144 valence electrons. The molecule has 1 N–H and O–H groups in total. The summed E-state index contributed by atoms with van der Waals surface area (Å²) < 4.78 is 0. The number of carbonyl (C=O) groups excluding carboxylic acids is 1. The van der Waals surface area contributed by atoms with Crippen molar-refractivity contribution in [2.45, 2.75) is 37.6 Å². The summed E-state index contributed by atoms with van der Waals surface area (Å²) in [6.07, 6.45) is 6.26. The minimum atomic E-state index is 0.0814. The lowest BCUT2D eigenvalue weighted by molar-refractivity contribution is 0.0427. The Morgan fingerprint density at radius 1 is 0.963 bits per heavy atom. The first kappa shape index (κ1) is 18.5. The molecule has 5 heteroatoms. The van der Waals surface area contributed by atoms with Crippen molar-refractivity contribution in [1.29, 1.82) is 0 Å². The summed E-state index contributed by atoms with van der Waals surface area (Å²) in [7, 11) is 0. The van der Waals surface area contributed by atoms with Gasteiger partial charge in [0.1, 0.15) is 0 Å². The molecule has 2 fully saturated rings. The predicted octanol–water partition coefficient (Wildman–Crippen LogP) is 4.00. The van der Waals surface area contributed by atoms with E-state index in [9.17, 15) is 4.79 Å². The van der Waals surface area contributed by atoms with Crippen LogP contribution in [0.25, 0.3) is 0 Å². The number of carbonyl (C=O) groups is 1. The van der Waals surface area contributed by atoms with Gasteiger partial charge in [0.25, 0.3) is 5.91 Å². The highest BCUT2D eigenvalue weighted by molar-refractivity contribution is 7.12. The van der Waals surface area contributed by atoms with Gasteiger partial charge < -0.3 is 10.2 Å². The van der Waals surface area contributed by atoms with E-state index in [1.807, 2.05) is 17.5 Å². The van der Waals surface area contributed by atoms with E-state index in [1.165, 1.54) is 49.1 Å². The van der Waals surface area contributed by atoms with Crippen molar-refractivity contribution in [2.24, 2.45) is 0 Å². The quantitative estimate of drug-likeness (QED) is 0.848. The van der Waals surface area contributed by atoms with Crippen molar-refractivity contribution >= 4 is 22.9 Å². The predicted molar refractivity (Wildman–Crippen MR) is 113 cm³/mol. The van der Waals surface area contributed by atoms with Crippen LogP contribution in [0.15, 0.2) is 47.8 Å². The minimum Gasteiger partial charge on any atom is -0.369 e. The number of thiophene rings is 1. The van der Waals surface area contributed by atoms with E-state index in [4.69, 9.17) is 0 Å². The molecule has 1 aromatic heterocycles. The van der Waals surface area contributed by atoms with Gasteiger partial charge in [-0.25, -0.2) is 0 Å². The SMILES string of the molecule is O=C(NCC1(N2CCN(c3ccccc3)CC2)CCCCC1)c1cccs1. The summed E-state index contributed by atoms with van der Waals surface area (Å²) >= 11 is 1.52. The van der Waals surface area contributed by atoms with Crippen LogP contribution >= 0.6 is 11.3 Å². The highest BCUT2D eigenvalue weighted by atomic mass is 32.1. The fraction of sp³-hybridized carbons (Fsp3) is 0.500. The second kappa shape index (κ2) is 8.44. The van der Waals surface area contributed by atoms with E-state index in [2.05, 4.69) is 45.4 Å². The second-order valence-corrected chi connectivity index (χ2v) is 8.70. The molecule has 0 atom stereocenters. The minimum absolute atomic E-state index is 0.0814. The Hall–Kier alpha value is -1.85. The van der Waals surface area contributed by atoms with Crippen LogP contribution in [0.5, 0.6) is 0 Å². The Bertz CT molecular complexity index is 717. The summed E-state index contributed by atoms with van der Waals surface area (Å²) in [5.74, 6) is 0.0814. The fourth-order valence-electron chi connectivity index (χ4n) is 4.63. The summed E-state index contributed by atoms with van der Waals surface area (Å²) in [6, 6.07) is 14.6. The third-order valence-corrected chi connectivity index (χ3v) is 7.05. The maximum Gasteiger partial charge on any atom is 0.261 e. The molecule has 1 saturated heterocycles. The molecule has 1 aliphatic heterocycles. The van der Waals surface area contributed by atoms with Gasteiger partial charge in [0.15, 0.2) is 0 Å². The molecule has 1 aliphatic carbocycles. The zero-order valence-corrected chi connectivity index (χ0v) is 16.7. The number of para-hydroxylation sites is 1. The molecule has 1 aromatic carbocycles. The molecule has 1 amide bonds. The van der Waals surface area contributed by atoms with Gasteiger partial charge in [-0.2, -0.15) is 0 Å². The number of anilines is 1. The van der Waals surface area contributed by atoms with Gasteiger partial charge in [-0.1, -0.05) is 43.5 Å².